The van der Waals surface area contributed by atoms with E-state index in [0.717, 1.165) is 42.8 Å². The summed E-state index contributed by atoms with van der Waals surface area (Å²) in [5.74, 6) is 3.20. The third-order valence-corrected chi connectivity index (χ3v) is 7.37. The van der Waals surface area contributed by atoms with Crippen molar-refractivity contribution >= 4 is 5.91 Å². The monoisotopic (exact) mass is 407 g/mol. The molecule has 4 fully saturated rings. The van der Waals surface area contributed by atoms with E-state index in [1.165, 1.54) is 24.8 Å². The van der Waals surface area contributed by atoms with Crippen LogP contribution >= 0.6 is 0 Å². The molecular weight excluding hydrogens is 374 g/mol. The Morgan fingerprint density at radius 3 is 2.23 bits per heavy atom. The Hall–Kier alpha value is -2.30. The van der Waals surface area contributed by atoms with Crippen molar-refractivity contribution in [3.8, 4) is 5.75 Å². The van der Waals surface area contributed by atoms with Crippen LogP contribution in [0.15, 0.2) is 36.5 Å². The Kier molecular flexibility index (Phi) is 4.68. The average Bonchev–Trinajstić information content (AvgIpc) is 3.14. The quantitative estimate of drug-likeness (QED) is 0.766. The minimum atomic E-state index is -0.0368. The maximum Gasteiger partial charge on any atom is 0.272 e. The minimum Gasteiger partial charge on any atom is -0.471 e. The van der Waals surface area contributed by atoms with Gasteiger partial charge in [0.25, 0.3) is 5.91 Å². The topological polar surface area (TPSA) is 56.1 Å². The summed E-state index contributed by atoms with van der Waals surface area (Å²) in [6.07, 6.45) is 9.39. The van der Waals surface area contributed by atoms with E-state index in [-0.39, 0.29) is 16.9 Å². The van der Waals surface area contributed by atoms with Crippen LogP contribution in [0.5, 0.6) is 5.75 Å². The molecule has 1 N–H and O–H groups in total. The molecule has 160 valence electrons. The molecule has 1 amide bonds. The first-order valence-corrected chi connectivity index (χ1v) is 11.4. The third-order valence-electron chi connectivity index (χ3n) is 7.37. The first kappa shape index (κ1) is 19.7. The van der Waals surface area contributed by atoms with E-state index >= 15 is 0 Å². The zero-order valence-electron chi connectivity index (χ0n) is 18.4. The second-order valence-electron chi connectivity index (χ2n) is 10.9. The first-order chi connectivity index (χ1) is 14.3. The fourth-order valence-electron chi connectivity index (χ4n) is 6.32. The van der Waals surface area contributed by atoms with Gasteiger partial charge in [0, 0.05) is 11.7 Å². The Morgan fingerprint density at radius 1 is 1.07 bits per heavy atom. The van der Waals surface area contributed by atoms with Crippen molar-refractivity contribution in [1.82, 2.24) is 15.1 Å². The second kappa shape index (κ2) is 7.14. The number of rotatable bonds is 5. The molecule has 0 radical (unpaired) electrons. The van der Waals surface area contributed by atoms with Crippen LogP contribution < -0.4 is 10.1 Å². The van der Waals surface area contributed by atoms with Gasteiger partial charge >= 0.3 is 0 Å². The van der Waals surface area contributed by atoms with Crippen LogP contribution in [0.1, 0.15) is 75.3 Å². The summed E-state index contributed by atoms with van der Waals surface area (Å²) in [7, 11) is 0. The summed E-state index contributed by atoms with van der Waals surface area (Å²) in [6, 6.07) is 9.98. The number of aromatic nitrogens is 2. The molecule has 30 heavy (non-hydrogen) atoms. The summed E-state index contributed by atoms with van der Waals surface area (Å²) >= 11 is 0. The molecule has 0 aliphatic heterocycles. The van der Waals surface area contributed by atoms with Crippen LogP contribution in [0.25, 0.3) is 0 Å². The van der Waals surface area contributed by atoms with Gasteiger partial charge in [-0.05, 0) is 85.5 Å². The predicted molar refractivity (Wildman–Crippen MR) is 116 cm³/mol. The van der Waals surface area contributed by atoms with Crippen molar-refractivity contribution in [3.05, 3.63) is 47.8 Å². The molecule has 0 atom stereocenters. The van der Waals surface area contributed by atoms with Gasteiger partial charge < -0.3 is 10.1 Å². The number of amides is 1. The lowest BCUT2D eigenvalue weighted by Crippen LogP contribution is -2.59. The van der Waals surface area contributed by atoms with Gasteiger partial charge in [-0.2, -0.15) is 5.10 Å². The van der Waals surface area contributed by atoms with Gasteiger partial charge in [-0.25, -0.2) is 4.68 Å². The highest BCUT2D eigenvalue weighted by Crippen LogP contribution is 2.55. The van der Waals surface area contributed by atoms with Crippen LogP contribution in [0.4, 0.5) is 0 Å². The maximum absolute atomic E-state index is 12.9. The van der Waals surface area contributed by atoms with Gasteiger partial charge in [0.05, 0.1) is 0 Å². The van der Waals surface area contributed by atoms with Crippen LogP contribution in [0.2, 0.25) is 0 Å². The van der Waals surface area contributed by atoms with Gasteiger partial charge in [0.2, 0.25) is 0 Å². The molecular formula is C25H33N3O2. The number of hydrogen-bond donors (Lipinski definition) is 1. The van der Waals surface area contributed by atoms with E-state index in [0.29, 0.717) is 12.4 Å². The lowest BCUT2D eigenvalue weighted by molar-refractivity contribution is -0.0168. The SMILES string of the molecule is CC(C)(C)c1ccc(OCn2ccc(C(=O)NC34CC5CC(CC(C5)C3)C4)n2)cc1. The minimum absolute atomic E-state index is 0.0148. The van der Waals surface area contributed by atoms with Crippen molar-refractivity contribution < 1.29 is 9.53 Å². The molecule has 0 unspecified atom stereocenters. The Morgan fingerprint density at radius 2 is 1.67 bits per heavy atom. The van der Waals surface area contributed by atoms with Crippen LogP contribution in [-0.4, -0.2) is 21.2 Å². The number of nitrogens with one attached hydrogen (secondary N) is 1. The Bertz CT molecular complexity index is 887. The molecule has 4 aliphatic rings. The molecule has 5 heteroatoms. The molecule has 6 rings (SSSR count). The van der Waals surface area contributed by atoms with Crippen LogP contribution in [-0.2, 0) is 12.1 Å². The smallest absolute Gasteiger partial charge is 0.272 e. The molecule has 1 aromatic heterocycles. The van der Waals surface area contributed by atoms with Crippen LogP contribution in [0, 0.1) is 17.8 Å². The largest absolute Gasteiger partial charge is 0.471 e. The highest BCUT2D eigenvalue weighted by molar-refractivity contribution is 5.92. The van der Waals surface area contributed by atoms with E-state index in [2.05, 4.69) is 43.3 Å². The van der Waals surface area contributed by atoms with Gasteiger partial charge in [0.1, 0.15) is 11.4 Å². The molecule has 0 saturated heterocycles. The molecule has 4 bridgehead atoms. The number of benzene rings is 1. The Labute approximate surface area is 179 Å². The molecule has 4 aliphatic carbocycles. The van der Waals surface area contributed by atoms with Gasteiger partial charge in [0.15, 0.2) is 6.73 Å². The number of ether oxygens (including phenoxy) is 1. The highest BCUT2D eigenvalue weighted by atomic mass is 16.5. The molecule has 1 aromatic carbocycles. The standard InChI is InChI=1S/C25H33N3O2/c1-24(2,3)20-4-6-21(7-5-20)30-16-28-9-8-22(27-28)23(29)26-25-13-17-10-18(14-25)12-19(11-17)15-25/h4-9,17-19H,10-16H2,1-3H3,(H,26,29). The van der Waals surface area contributed by atoms with E-state index in [9.17, 15) is 4.79 Å². The fraction of sp³-hybridized carbons (Fsp3) is 0.600. The zero-order chi connectivity index (χ0) is 20.9. The Balaban J connectivity index is 1.19. The molecule has 0 spiro atoms. The summed E-state index contributed by atoms with van der Waals surface area (Å²) < 4.78 is 7.54. The normalized spacial score (nSPS) is 29.8. The van der Waals surface area contributed by atoms with Crippen molar-refractivity contribution in [2.75, 3.05) is 0 Å². The second-order valence-corrected chi connectivity index (χ2v) is 10.9. The van der Waals surface area contributed by atoms with Crippen molar-refractivity contribution in [3.63, 3.8) is 0 Å². The number of nitrogens with zero attached hydrogens (tertiary/aromatic N) is 2. The van der Waals surface area contributed by atoms with Gasteiger partial charge in [-0.3, -0.25) is 4.79 Å². The summed E-state index contributed by atoms with van der Waals surface area (Å²) in [5.41, 5.74) is 1.90. The van der Waals surface area contributed by atoms with Crippen molar-refractivity contribution in [2.24, 2.45) is 17.8 Å². The molecule has 5 nitrogen and oxygen atoms in total. The lowest BCUT2D eigenvalue weighted by atomic mass is 9.53. The molecule has 2 aromatic rings. The zero-order valence-corrected chi connectivity index (χ0v) is 18.4. The predicted octanol–water partition coefficient (Wildman–Crippen LogP) is 4.92. The van der Waals surface area contributed by atoms with E-state index in [1.807, 2.05) is 18.3 Å². The molecule has 4 saturated carbocycles. The molecule has 1 heterocycles. The third kappa shape index (κ3) is 3.86. The van der Waals surface area contributed by atoms with Gasteiger partial charge in [-0.1, -0.05) is 32.9 Å². The summed E-state index contributed by atoms with van der Waals surface area (Å²) in [4.78, 5) is 12.9. The number of hydrogen-bond acceptors (Lipinski definition) is 3. The number of carbonyl (C=O) groups excluding carboxylic acids is 1. The van der Waals surface area contributed by atoms with Crippen LogP contribution in [0.3, 0.4) is 0 Å². The van der Waals surface area contributed by atoms with E-state index in [1.54, 1.807) is 10.7 Å². The maximum atomic E-state index is 12.9. The summed E-state index contributed by atoms with van der Waals surface area (Å²) in [6.45, 7) is 6.88. The van der Waals surface area contributed by atoms with Gasteiger partial charge in [-0.15, -0.1) is 0 Å². The fourth-order valence-corrected chi connectivity index (χ4v) is 6.32. The van der Waals surface area contributed by atoms with E-state index in [4.69, 9.17) is 4.74 Å². The van der Waals surface area contributed by atoms with Crippen molar-refractivity contribution in [2.45, 2.75) is 77.0 Å². The number of carbonyl (C=O) groups is 1. The van der Waals surface area contributed by atoms with E-state index < -0.39 is 0 Å². The lowest BCUT2D eigenvalue weighted by Gasteiger charge is -2.56. The summed E-state index contributed by atoms with van der Waals surface area (Å²) in [5, 5.41) is 7.85. The highest BCUT2D eigenvalue weighted by Gasteiger charge is 2.51. The van der Waals surface area contributed by atoms with Crippen molar-refractivity contribution in [1.29, 1.82) is 0 Å². The average molecular weight is 408 g/mol. The first-order valence-electron chi connectivity index (χ1n) is 11.4.